The van der Waals surface area contributed by atoms with Crippen molar-refractivity contribution in [2.24, 2.45) is 5.14 Å². The van der Waals surface area contributed by atoms with Crippen LogP contribution in [0.1, 0.15) is 11.3 Å². The maximum atomic E-state index is 10.8. The second-order valence-electron chi connectivity index (χ2n) is 4.06. The van der Waals surface area contributed by atoms with Crippen molar-refractivity contribution in [2.75, 3.05) is 17.6 Å². The molecule has 0 aromatic carbocycles. The van der Waals surface area contributed by atoms with Gasteiger partial charge in [0.25, 0.3) is 0 Å². The zero-order valence-corrected chi connectivity index (χ0v) is 12.6. The zero-order valence-electron chi connectivity index (χ0n) is 10.2. The molecule has 6 nitrogen and oxygen atoms in total. The van der Waals surface area contributed by atoms with Crippen LogP contribution in [0.3, 0.4) is 0 Å². The van der Waals surface area contributed by atoms with E-state index in [4.69, 9.17) is 16.7 Å². The van der Waals surface area contributed by atoms with Gasteiger partial charge in [-0.05, 0) is 31.0 Å². The Kier molecular flexibility index (Phi) is 4.24. The van der Waals surface area contributed by atoms with Crippen LogP contribution in [0.4, 0.5) is 5.82 Å². The van der Waals surface area contributed by atoms with Gasteiger partial charge < -0.3 is 5.32 Å². The predicted molar refractivity (Wildman–Crippen MR) is 78.2 cm³/mol. The predicted octanol–water partition coefficient (Wildman–Crippen LogP) is 1.74. The third-order valence-electron chi connectivity index (χ3n) is 2.39. The summed E-state index contributed by atoms with van der Waals surface area (Å²) in [7, 11) is -3.42. The fraction of sp³-hybridized carbons (Fsp3) is 0.400. The van der Waals surface area contributed by atoms with Crippen molar-refractivity contribution in [1.82, 2.24) is 9.97 Å². The van der Waals surface area contributed by atoms with E-state index in [1.54, 1.807) is 0 Å². The molecule has 2 heterocycles. The summed E-state index contributed by atoms with van der Waals surface area (Å²) in [6.45, 7) is 2.43. The Balaban J connectivity index is 2.11. The quantitative estimate of drug-likeness (QED) is 0.646. The van der Waals surface area contributed by atoms with Crippen LogP contribution in [0.15, 0.2) is 6.07 Å². The van der Waals surface area contributed by atoms with Gasteiger partial charge in [-0.15, -0.1) is 11.3 Å². The number of anilines is 1. The van der Waals surface area contributed by atoms with E-state index in [0.29, 0.717) is 18.8 Å². The minimum Gasteiger partial charge on any atom is -0.369 e. The van der Waals surface area contributed by atoms with Crippen molar-refractivity contribution in [1.29, 1.82) is 0 Å². The normalized spacial score (nSPS) is 11.9. The molecule has 0 saturated carbocycles. The number of rotatable bonds is 5. The van der Waals surface area contributed by atoms with E-state index in [9.17, 15) is 8.42 Å². The fourth-order valence-electron chi connectivity index (χ4n) is 1.63. The molecule has 2 rings (SSSR count). The summed E-state index contributed by atoms with van der Waals surface area (Å²) in [5.41, 5.74) is 0. The molecule has 0 unspecified atom stereocenters. The number of halogens is 1. The molecule has 3 N–H and O–H groups in total. The first-order valence-electron chi connectivity index (χ1n) is 5.53. The second-order valence-corrected chi connectivity index (χ2v) is 7.37. The summed E-state index contributed by atoms with van der Waals surface area (Å²) in [4.78, 5) is 10.2. The number of fused-ring (bicyclic) bond motifs is 1. The van der Waals surface area contributed by atoms with E-state index in [1.165, 1.54) is 11.3 Å². The van der Waals surface area contributed by atoms with Crippen LogP contribution < -0.4 is 10.5 Å². The summed E-state index contributed by atoms with van der Waals surface area (Å²) >= 11 is 7.38. The molecule has 0 saturated heterocycles. The molecule has 0 aliphatic rings. The number of nitrogens with zero attached hydrogens (tertiary/aromatic N) is 2. The Bertz CT molecular complexity index is 699. The molecule has 19 heavy (non-hydrogen) atoms. The maximum Gasteiger partial charge on any atom is 0.225 e. The van der Waals surface area contributed by atoms with Gasteiger partial charge in [-0.1, -0.05) is 0 Å². The molecule has 2 aromatic rings. The SMILES string of the molecule is Cc1cc2c(NCCCS(N)(=O)=O)nc(Cl)nc2s1. The first-order chi connectivity index (χ1) is 8.85. The lowest BCUT2D eigenvalue weighted by atomic mass is 10.3. The Morgan fingerprint density at radius 2 is 2.21 bits per heavy atom. The van der Waals surface area contributed by atoms with Gasteiger partial charge in [-0.2, -0.15) is 0 Å². The molecule has 0 fully saturated rings. The van der Waals surface area contributed by atoms with Gasteiger partial charge >= 0.3 is 0 Å². The molecule has 0 atom stereocenters. The zero-order chi connectivity index (χ0) is 14.0. The number of sulfonamides is 1. The average molecular weight is 321 g/mol. The molecule has 0 bridgehead atoms. The van der Waals surface area contributed by atoms with Gasteiger partial charge in [0.1, 0.15) is 10.6 Å². The summed E-state index contributed by atoms with van der Waals surface area (Å²) in [6, 6.07) is 1.97. The highest BCUT2D eigenvalue weighted by atomic mass is 35.5. The first kappa shape index (κ1) is 14.4. The maximum absolute atomic E-state index is 10.8. The van der Waals surface area contributed by atoms with Gasteiger partial charge in [-0.3, -0.25) is 0 Å². The Morgan fingerprint density at radius 1 is 1.47 bits per heavy atom. The lowest BCUT2D eigenvalue weighted by Gasteiger charge is -2.06. The van der Waals surface area contributed by atoms with E-state index in [1.807, 2.05) is 13.0 Å². The van der Waals surface area contributed by atoms with Crippen molar-refractivity contribution >= 4 is 49.0 Å². The smallest absolute Gasteiger partial charge is 0.225 e. The molecule has 104 valence electrons. The summed E-state index contributed by atoms with van der Waals surface area (Å²) in [6.07, 6.45) is 0.408. The minimum atomic E-state index is -3.42. The molecular weight excluding hydrogens is 308 g/mol. The van der Waals surface area contributed by atoms with Gasteiger partial charge in [0, 0.05) is 11.4 Å². The second kappa shape index (κ2) is 5.58. The number of nitrogens with two attached hydrogens (primary N) is 1. The van der Waals surface area contributed by atoms with Crippen LogP contribution in [0, 0.1) is 6.92 Å². The van der Waals surface area contributed by atoms with Crippen LogP contribution in [-0.4, -0.2) is 30.7 Å². The van der Waals surface area contributed by atoms with Crippen LogP contribution in [0.5, 0.6) is 0 Å². The molecule has 9 heteroatoms. The van der Waals surface area contributed by atoms with E-state index < -0.39 is 10.0 Å². The van der Waals surface area contributed by atoms with Crippen LogP contribution in [0.2, 0.25) is 5.28 Å². The largest absolute Gasteiger partial charge is 0.369 e. The first-order valence-corrected chi connectivity index (χ1v) is 8.44. The monoisotopic (exact) mass is 320 g/mol. The van der Waals surface area contributed by atoms with Gasteiger partial charge in [0.15, 0.2) is 0 Å². The third-order valence-corrected chi connectivity index (χ3v) is 4.36. The highest BCUT2D eigenvalue weighted by molar-refractivity contribution is 7.89. The number of aromatic nitrogens is 2. The molecular formula is C10H13ClN4O2S2. The number of nitrogens with one attached hydrogen (secondary N) is 1. The van der Waals surface area contributed by atoms with Crippen molar-refractivity contribution in [3.63, 3.8) is 0 Å². The van der Waals surface area contributed by atoms with Crippen LogP contribution >= 0.6 is 22.9 Å². The number of hydrogen-bond acceptors (Lipinski definition) is 6. The van der Waals surface area contributed by atoms with Crippen molar-refractivity contribution in [2.45, 2.75) is 13.3 Å². The molecule has 0 spiro atoms. The average Bonchev–Trinajstić information content (AvgIpc) is 2.63. The number of hydrogen-bond donors (Lipinski definition) is 2. The van der Waals surface area contributed by atoms with Gasteiger partial charge in [0.2, 0.25) is 15.3 Å². The van der Waals surface area contributed by atoms with Crippen molar-refractivity contribution in [3.05, 3.63) is 16.2 Å². The number of thiophene rings is 1. The van der Waals surface area contributed by atoms with Crippen molar-refractivity contribution in [3.8, 4) is 0 Å². The molecule has 0 amide bonds. The third kappa shape index (κ3) is 4.00. The summed E-state index contributed by atoms with van der Waals surface area (Å²) in [5, 5.41) is 9.06. The Hall–Kier alpha value is -0.960. The standard InChI is InChI=1S/C10H13ClN4O2S2/c1-6-5-7-8(13-3-2-4-19(12,16)17)14-10(11)15-9(7)18-6/h5H,2-4H2,1H3,(H2,12,16,17)(H,13,14,15). The van der Waals surface area contributed by atoms with Gasteiger partial charge in [0.05, 0.1) is 11.1 Å². The molecule has 0 aliphatic heterocycles. The van der Waals surface area contributed by atoms with Crippen molar-refractivity contribution < 1.29 is 8.42 Å². The highest BCUT2D eigenvalue weighted by Gasteiger charge is 2.09. The summed E-state index contributed by atoms with van der Waals surface area (Å²) < 4.78 is 21.6. The lowest BCUT2D eigenvalue weighted by Crippen LogP contribution is -2.18. The number of primary sulfonamides is 1. The lowest BCUT2D eigenvalue weighted by molar-refractivity contribution is 0.596. The van der Waals surface area contributed by atoms with Crippen LogP contribution in [-0.2, 0) is 10.0 Å². The van der Waals surface area contributed by atoms with E-state index in [-0.39, 0.29) is 11.0 Å². The van der Waals surface area contributed by atoms with E-state index >= 15 is 0 Å². The fourth-order valence-corrected chi connectivity index (χ4v) is 3.28. The summed E-state index contributed by atoms with van der Waals surface area (Å²) in [5.74, 6) is 0.554. The molecule has 0 radical (unpaired) electrons. The Morgan fingerprint density at radius 3 is 2.89 bits per heavy atom. The van der Waals surface area contributed by atoms with E-state index in [2.05, 4.69) is 15.3 Å². The van der Waals surface area contributed by atoms with Crippen LogP contribution in [0.25, 0.3) is 10.2 Å². The Labute approximate surface area is 120 Å². The highest BCUT2D eigenvalue weighted by Crippen LogP contribution is 2.29. The topological polar surface area (TPSA) is 98.0 Å². The molecule has 2 aromatic heterocycles. The number of aryl methyl sites for hydroxylation is 1. The minimum absolute atomic E-state index is 0.0649. The van der Waals surface area contributed by atoms with Gasteiger partial charge in [-0.25, -0.2) is 23.5 Å². The molecule has 0 aliphatic carbocycles. The van der Waals surface area contributed by atoms with E-state index in [0.717, 1.165) is 15.1 Å².